The second kappa shape index (κ2) is 63.1. The predicted molar refractivity (Wildman–Crippen MR) is 329 cm³/mol. The molecule has 0 saturated carbocycles. The number of unbranched alkanes of at least 4 members (excludes halogenated alkanes) is 22. The summed E-state index contributed by atoms with van der Waals surface area (Å²) in [4.78, 5) is 38.1. The van der Waals surface area contributed by atoms with Gasteiger partial charge in [0.1, 0.15) is 13.2 Å². The highest BCUT2D eigenvalue weighted by molar-refractivity contribution is 5.71. The molecule has 0 spiro atoms. The fourth-order valence-corrected chi connectivity index (χ4v) is 8.26. The molecule has 0 radical (unpaired) electrons. The average Bonchev–Trinajstić information content (AvgIpc) is 3.42. The van der Waals surface area contributed by atoms with Crippen LogP contribution < -0.4 is 0 Å². The van der Waals surface area contributed by atoms with Gasteiger partial charge in [0.2, 0.25) is 0 Å². The fourth-order valence-electron chi connectivity index (χ4n) is 8.26. The number of hydrogen-bond donors (Lipinski definition) is 0. The first-order valence-corrected chi connectivity index (χ1v) is 31.2. The van der Waals surface area contributed by atoms with Gasteiger partial charge in [-0.05, 0) is 128 Å². The summed E-state index contributed by atoms with van der Waals surface area (Å²) in [6, 6.07) is 0. The summed E-state index contributed by atoms with van der Waals surface area (Å²) in [6.07, 6.45) is 89.1. The summed E-state index contributed by atoms with van der Waals surface area (Å²) in [7, 11) is 0. The second-order valence-electron chi connectivity index (χ2n) is 20.2. The SMILES string of the molecule is CC/C=C\C/C=C\C/C=C\C/C=C\C/C=C\C/C=C\C/C=C\CCCCCCCCCCCCCCCC(=O)OCC(COC(=O)CCCCCCC/C=C\CCC)OC(=O)CCCCC/C=C\C/C=C\C/C=C\CC. The van der Waals surface area contributed by atoms with Crippen molar-refractivity contribution in [1.82, 2.24) is 0 Å². The highest BCUT2D eigenvalue weighted by Gasteiger charge is 2.19. The van der Waals surface area contributed by atoms with Crippen LogP contribution in [0.4, 0.5) is 0 Å². The van der Waals surface area contributed by atoms with E-state index in [-0.39, 0.29) is 37.5 Å². The Labute approximate surface area is 468 Å². The molecule has 0 bridgehead atoms. The number of hydrogen-bond acceptors (Lipinski definition) is 6. The Morgan fingerprint density at radius 1 is 0.276 bits per heavy atom. The lowest BCUT2D eigenvalue weighted by atomic mass is 10.0. The maximum absolute atomic E-state index is 12.8. The van der Waals surface area contributed by atoms with E-state index in [9.17, 15) is 14.4 Å². The van der Waals surface area contributed by atoms with Gasteiger partial charge in [-0.15, -0.1) is 0 Å². The number of carbonyl (C=O) groups excluding carboxylic acids is 3. The van der Waals surface area contributed by atoms with Crippen molar-refractivity contribution in [2.75, 3.05) is 13.2 Å². The van der Waals surface area contributed by atoms with Gasteiger partial charge in [-0.1, -0.05) is 257 Å². The van der Waals surface area contributed by atoms with Crippen LogP contribution in [0.15, 0.2) is 134 Å². The Morgan fingerprint density at radius 3 is 0.829 bits per heavy atom. The van der Waals surface area contributed by atoms with Crippen LogP contribution in [0.1, 0.15) is 271 Å². The first-order chi connectivity index (χ1) is 37.5. The standard InChI is InChI=1S/C70H114O6/c1-4-7-10-13-16-19-22-24-25-26-27-28-29-30-31-32-33-34-35-36-37-38-39-40-41-42-43-44-45-47-48-51-54-57-60-63-69(72)75-66-67(65-74-68(71)62-59-56-53-50-21-18-15-12-9-6-3)76-70(73)64-61-58-55-52-49-46-23-20-17-14-11-8-5-2/h7-8,10-12,15-17,19-20,24-25,27-28,30-31,33-34,36-37,46,49,67H,4-6,9,13-14,18,21-23,26,29,32,35,38-45,47-48,50-66H2,1-3H3/b10-7-,11-8-,15-12-,19-16-,20-17-,25-24-,28-27-,31-30-,34-33-,37-36-,49-46-. The molecule has 0 aliphatic carbocycles. The van der Waals surface area contributed by atoms with Crippen molar-refractivity contribution in [2.24, 2.45) is 0 Å². The lowest BCUT2D eigenvalue weighted by Crippen LogP contribution is -2.30. The van der Waals surface area contributed by atoms with Crippen LogP contribution in [0, 0.1) is 0 Å². The van der Waals surface area contributed by atoms with Gasteiger partial charge in [0.15, 0.2) is 6.10 Å². The van der Waals surface area contributed by atoms with Gasteiger partial charge in [-0.2, -0.15) is 0 Å². The van der Waals surface area contributed by atoms with Gasteiger partial charge < -0.3 is 14.2 Å². The van der Waals surface area contributed by atoms with Crippen LogP contribution in [0.3, 0.4) is 0 Å². The molecule has 0 amide bonds. The number of carbonyl (C=O) groups is 3. The molecule has 1 unspecified atom stereocenters. The van der Waals surface area contributed by atoms with E-state index in [4.69, 9.17) is 14.2 Å². The summed E-state index contributed by atoms with van der Waals surface area (Å²) in [5.74, 6) is -0.938. The summed E-state index contributed by atoms with van der Waals surface area (Å²) in [5.41, 5.74) is 0. The first kappa shape index (κ1) is 71.5. The summed E-state index contributed by atoms with van der Waals surface area (Å²) < 4.78 is 16.8. The molecule has 0 aromatic heterocycles. The minimum Gasteiger partial charge on any atom is -0.462 e. The van der Waals surface area contributed by atoms with Crippen molar-refractivity contribution in [2.45, 2.75) is 277 Å². The van der Waals surface area contributed by atoms with Gasteiger partial charge in [0.05, 0.1) is 0 Å². The van der Waals surface area contributed by atoms with Crippen LogP contribution in [0.2, 0.25) is 0 Å². The summed E-state index contributed by atoms with van der Waals surface area (Å²) in [6.45, 7) is 6.31. The van der Waals surface area contributed by atoms with Gasteiger partial charge in [-0.3, -0.25) is 14.4 Å². The van der Waals surface area contributed by atoms with Gasteiger partial charge in [0.25, 0.3) is 0 Å². The Bertz CT molecular complexity index is 1630. The Balaban J connectivity index is 4.12. The summed E-state index contributed by atoms with van der Waals surface area (Å²) >= 11 is 0. The van der Waals surface area contributed by atoms with E-state index in [1.165, 1.54) is 83.5 Å². The second-order valence-corrected chi connectivity index (χ2v) is 20.2. The molecular weight excluding hydrogens is 937 g/mol. The number of esters is 3. The van der Waals surface area contributed by atoms with Crippen LogP contribution in [0.25, 0.3) is 0 Å². The van der Waals surface area contributed by atoms with Gasteiger partial charge in [-0.25, -0.2) is 0 Å². The van der Waals surface area contributed by atoms with Crippen LogP contribution >= 0.6 is 0 Å². The van der Waals surface area contributed by atoms with Gasteiger partial charge in [0, 0.05) is 19.3 Å². The van der Waals surface area contributed by atoms with E-state index in [0.29, 0.717) is 12.8 Å². The van der Waals surface area contributed by atoms with Crippen LogP contribution in [0.5, 0.6) is 0 Å². The molecule has 1 atom stereocenters. The quantitative estimate of drug-likeness (QED) is 0.0261. The Morgan fingerprint density at radius 2 is 0.513 bits per heavy atom. The number of rotatable bonds is 55. The van der Waals surface area contributed by atoms with Crippen LogP contribution in [-0.2, 0) is 28.6 Å². The summed E-state index contributed by atoms with van der Waals surface area (Å²) in [5, 5.41) is 0. The molecule has 76 heavy (non-hydrogen) atoms. The minimum absolute atomic E-state index is 0.0949. The fraction of sp³-hybridized carbons (Fsp3) is 0.643. The molecule has 0 aromatic rings. The monoisotopic (exact) mass is 1050 g/mol. The van der Waals surface area contributed by atoms with E-state index < -0.39 is 6.10 Å². The first-order valence-electron chi connectivity index (χ1n) is 31.2. The maximum Gasteiger partial charge on any atom is 0.306 e. The minimum atomic E-state index is -0.799. The zero-order chi connectivity index (χ0) is 55.0. The van der Waals surface area contributed by atoms with Crippen LogP contribution in [-0.4, -0.2) is 37.2 Å². The molecule has 0 aromatic carbocycles. The highest BCUT2D eigenvalue weighted by Crippen LogP contribution is 2.15. The molecule has 0 rings (SSSR count). The normalized spacial score (nSPS) is 13.0. The maximum atomic E-state index is 12.8. The highest BCUT2D eigenvalue weighted by atomic mass is 16.6. The van der Waals surface area contributed by atoms with E-state index in [1.54, 1.807) is 0 Å². The number of allylic oxidation sites excluding steroid dienone is 22. The zero-order valence-corrected chi connectivity index (χ0v) is 49.2. The largest absolute Gasteiger partial charge is 0.462 e. The van der Waals surface area contributed by atoms with Crippen molar-refractivity contribution >= 4 is 17.9 Å². The third kappa shape index (κ3) is 60.4. The molecule has 0 fully saturated rings. The van der Waals surface area contributed by atoms with Crippen molar-refractivity contribution in [3.05, 3.63) is 134 Å². The van der Waals surface area contributed by atoms with E-state index in [0.717, 1.165) is 148 Å². The zero-order valence-electron chi connectivity index (χ0n) is 49.2. The molecule has 0 N–H and O–H groups in total. The smallest absolute Gasteiger partial charge is 0.306 e. The van der Waals surface area contributed by atoms with Crippen molar-refractivity contribution in [1.29, 1.82) is 0 Å². The van der Waals surface area contributed by atoms with Crippen molar-refractivity contribution in [3.8, 4) is 0 Å². The molecular formula is C70H114O6. The predicted octanol–water partition coefficient (Wildman–Crippen LogP) is 21.4. The molecule has 0 heterocycles. The molecule has 0 aliphatic heterocycles. The van der Waals surface area contributed by atoms with Crippen molar-refractivity contribution in [3.63, 3.8) is 0 Å². The molecule has 430 valence electrons. The van der Waals surface area contributed by atoms with Crippen molar-refractivity contribution < 1.29 is 28.6 Å². The van der Waals surface area contributed by atoms with Gasteiger partial charge >= 0.3 is 17.9 Å². The molecule has 6 nitrogen and oxygen atoms in total. The topological polar surface area (TPSA) is 78.9 Å². The third-order valence-corrected chi connectivity index (χ3v) is 12.9. The lowest BCUT2D eigenvalue weighted by Gasteiger charge is -2.18. The lowest BCUT2D eigenvalue weighted by molar-refractivity contribution is -0.167. The third-order valence-electron chi connectivity index (χ3n) is 12.9. The Kier molecular flexibility index (Phi) is 59.4. The Hall–Kier alpha value is -4.45. The van der Waals surface area contributed by atoms with E-state index in [1.807, 2.05) is 0 Å². The molecule has 0 aliphatic rings. The van der Waals surface area contributed by atoms with E-state index >= 15 is 0 Å². The van der Waals surface area contributed by atoms with E-state index in [2.05, 4.69) is 154 Å². The number of ether oxygens (including phenoxy) is 3. The molecule has 6 heteroatoms. The average molecular weight is 1050 g/mol. The molecule has 0 saturated heterocycles.